The summed E-state index contributed by atoms with van der Waals surface area (Å²) in [7, 11) is 0. The highest BCUT2D eigenvalue weighted by molar-refractivity contribution is 9.10. The van der Waals surface area contributed by atoms with E-state index in [9.17, 15) is 9.59 Å². The van der Waals surface area contributed by atoms with Crippen molar-refractivity contribution in [2.24, 2.45) is 0 Å². The van der Waals surface area contributed by atoms with E-state index < -0.39 is 0 Å². The predicted molar refractivity (Wildman–Crippen MR) is 94.0 cm³/mol. The van der Waals surface area contributed by atoms with Crippen molar-refractivity contribution in [1.29, 1.82) is 0 Å². The second kappa shape index (κ2) is 8.48. The van der Waals surface area contributed by atoms with Crippen LogP contribution in [0.2, 0.25) is 0 Å². The van der Waals surface area contributed by atoms with Crippen molar-refractivity contribution in [3.05, 3.63) is 70.2 Å². The Morgan fingerprint density at radius 3 is 2.26 bits per heavy atom. The Kier molecular flexibility index (Phi) is 6.35. The summed E-state index contributed by atoms with van der Waals surface area (Å²) in [6, 6.07) is 16.0. The number of halogens is 1. The van der Waals surface area contributed by atoms with Crippen LogP contribution in [0.3, 0.4) is 0 Å². The molecule has 2 amide bonds. The molecule has 0 unspecified atom stereocenters. The van der Waals surface area contributed by atoms with Gasteiger partial charge in [-0.3, -0.25) is 15.0 Å². The number of nitrogens with zero attached hydrogens (tertiary/aromatic N) is 1. The Bertz CT molecular complexity index is 656. The highest BCUT2D eigenvalue weighted by Crippen LogP contribution is 2.12. The third-order valence-corrected chi connectivity index (χ3v) is 3.87. The summed E-state index contributed by atoms with van der Waals surface area (Å²) < 4.78 is 0.905. The van der Waals surface area contributed by atoms with Crippen LogP contribution in [0.25, 0.3) is 0 Å². The monoisotopic (exact) mass is 374 g/mol. The first-order chi connectivity index (χ1) is 11.1. The Balaban J connectivity index is 2.14. The Hall–Kier alpha value is -2.14. The van der Waals surface area contributed by atoms with Crippen molar-refractivity contribution in [3.63, 3.8) is 0 Å². The third-order valence-electron chi connectivity index (χ3n) is 3.34. The van der Waals surface area contributed by atoms with Crippen LogP contribution in [-0.2, 0) is 0 Å². The lowest BCUT2D eigenvalue weighted by Gasteiger charge is -2.23. The average molecular weight is 375 g/mol. The molecule has 0 spiro atoms. The number of rotatable bonds is 5. The SMILES string of the molecule is CCCCN(NC(=O)c1ccccc1)C(=O)c1ccc(Br)cc1. The Morgan fingerprint density at radius 2 is 1.65 bits per heavy atom. The minimum Gasteiger partial charge on any atom is -0.267 e. The number of unbranched alkanes of at least 4 members (excludes halogenated alkanes) is 1. The summed E-state index contributed by atoms with van der Waals surface area (Å²) in [5, 5.41) is 1.39. The fourth-order valence-corrected chi connectivity index (χ4v) is 2.31. The van der Waals surface area contributed by atoms with Crippen LogP contribution in [0, 0.1) is 0 Å². The van der Waals surface area contributed by atoms with Crippen LogP contribution in [-0.4, -0.2) is 23.4 Å². The molecule has 2 aromatic rings. The highest BCUT2D eigenvalue weighted by Gasteiger charge is 2.18. The maximum absolute atomic E-state index is 12.6. The molecule has 0 saturated carbocycles. The van der Waals surface area contributed by atoms with Gasteiger partial charge < -0.3 is 0 Å². The molecule has 0 atom stereocenters. The standard InChI is InChI=1S/C18H19BrN2O2/c1-2-3-13-21(18(23)15-9-11-16(19)12-10-15)20-17(22)14-7-5-4-6-8-14/h4-12H,2-3,13H2,1H3,(H,20,22). The average Bonchev–Trinajstić information content (AvgIpc) is 2.59. The third kappa shape index (κ3) is 4.93. The van der Waals surface area contributed by atoms with Crippen LogP contribution >= 0.6 is 15.9 Å². The van der Waals surface area contributed by atoms with Gasteiger partial charge in [0.15, 0.2) is 0 Å². The molecule has 4 nitrogen and oxygen atoms in total. The fraction of sp³-hybridized carbons (Fsp3) is 0.222. The predicted octanol–water partition coefficient (Wildman–Crippen LogP) is 4.04. The molecule has 2 rings (SSSR count). The molecule has 0 aliphatic rings. The van der Waals surface area contributed by atoms with Gasteiger partial charge in [0.05, 0.1) is 0 Å². The molecule has 0 aliphatic carbocycles. The van der Waals surface area contributed by atoms with Gasteiger partial charge in [0, 0.05) is 22.1 Å². The number of hydrogen-bond acceptors (Lipinski definition) is 2. The van der Waals surface area contributed by atoms with E-state index in [1.165, 1.54) is 5.01 Å². The largest absolute Gasteiger partial charge is 0.272 e. The molecule has 0 fully saturated rings. The van der Waals surface area contributed by atoms with Gasteiger partial charge >= 0.3 is 0 Å². The van der Waals surface area contributed by atoms with Gasteiger partial charge in [-0.2, -0.15) is 0 Å². The number of nitrogens with one attached hydrogen (secondary N) is 1. The molecular weight excluding hydrogens is 356 g/mol. The number of amides is 2. The lowest BCUT2D eigenvalue weighted by atomic mass is 10.2. The molecule has 120 valence electrons. The summed E-state index contributed by atoms with van der Waals surface area (Å²) in [4.78, 5) is 24.9. The first-order valence-electron chi connectivity index (χ1n) is 7.55. The van der Waals surface area contributed by atoms with E-state index in [1.807, 2.05) is 25.1 Å². The Morgan fingerprint density at radius 1 is 1.00 bits per heavy atom. The van der Waals surface area contributed by atoms with Gasteiger partial charge in [0.25, 0.3) is 11.8 Å². The number of benzene rings is 2. The van der Waals surface area contributed by atoms with Gasteiger partial charge in [-0.1, -0.05) is 47.5 Å². The maximum atomic E-state index is 12.6. The molecule has 1 N–H and O–H groups in total. The first-order valence-corrected chi connectivity index (χ1v) is 8.34. The second-order valence-electron chi connectivity index (χ2n) is 5.12. The molecule has 5 heteroatoms. The lowest BCUT2D eigenvalue weighted by molar-refractivity contribution is 0.0580. The number of carbonyl (C=O) groups excluding carboxylic acids is 2. The van der Waals surface area contributed by atoms with E-state index in [0.717, 1.165) is 17.3 Å². The first kappa shape index (κ1) is 17.2. The Labute approximate surface area is 144 Å². The van der Waals surface area contributed by atoms with Crippen molar-refractivity contribution < 1.29 is 9.59 Å². The van der Waals surface area contributed by atoms with Crippen molar-refractivity contribution in [2.75, 3.05) is 6.54 Å². The summed E-state index contributed by atoms with van der Waals surface area (Å²) >= 11 is 3.35. The zero-order valence-electron chi connectivity index (χ0n) is 13.0. The van der Waals surface area contributed by atoms with Crippen molar-refractivity contribution in [3.8, 4) is 0 Å². The van der Waals surface area contributed by atoms with E-state index in [4.69, 9.17) is 0 Å². The van der Waals surface area contributed by atoms with Crippen molar-refractivity contribution in [2.45, 2.75) is 19.8 Å². The van der Waals surface area contributed by atoms with Crippen LogP contribution in [0.4, 0.5) is 0 Å². The van der Waals surface area contributed by atoms with E-state index in [2.05, 4.69) is 21.4 Å². The van der Waals surface area contributed by atoms with Crippen LogP contribution in [0.1, 0.15) is 40.5 Å². The van der Waals surface area contributed by atoms with Gasteiger partial charge in [0.2, 0.25) is 0 Å². The number of hydrogen-bond donors (Lipinski definition) is 1. The zero-order valence-corrected chi connectivity index (χ0v) is 14.5. The summed E-state index contributed by atoms with van der Waals surface area (Å²) in [6.45, 7) is 2.52. The number of carbonyl (C=O) groups is 2. The molecule has 0 bridgehead atoms. The maximum Gasteiger partial charge on any atom is 0.272 e. The minimum absolute atomic E-state index is 0.213. The smallest absolute Gasteiger partial charge is 0.267 e. The molecule has 2 aromatic carbocycles. The van der Waals surface area contributed by atoms with E-state index in [1.54, 1.807) is 36.4 Å². The van der Waals surface area contributed by atoms with E-state index in [0.29, 0.717) is 17.7 Å². The van der Waals surface area contributed by atoms with Gasteiger partial charge in [0.1, 0.15) is 0 Å². The summed E-state index contributed by atoms with van der Waals surface area (Å²) in [6.07, 6.45) is 1.75. The molecule has 0 aromatic heterocycles. The molecule has 0 heterocycles. The molecule has 23 heavy (non-hydrogen) atoms. The summed E-state index contributed by atoms with van der Waals surface area (Å²) in [5.41, 5.74) is 3.78. The van der Waals surface area contributed by atoms with Crippen LogP contribution < -0.4 is 5.43 Å². The molecule has 0 radical (unpaired) electrons. The van der Waals surface area contributed by atoms with Gasteiger partial charge in [-0.25, -0.2) is 5.01 Å². The molecular formula is C18H19BrN2O2. The molecule has 0 aliphatic heterocycles. The van der Waals surface area contributed by atoms with Gasteiger partial charge in [-0.05, 0) is 42.8 Å². The van der Waals surface area contributed by atoms with Crippen molar-refractivity contribution in [1.82, 2.24) is 10.4 Å². The van der Waals surface area contributed by atoms with E-state index >= 15 is 0 Å². The second-order valence-corrected chi connectivity index (χ2v) is 6.04. The highest BCUT2D eigenvalue weighted by atomic mass is 79.9. The normalized spacial score (nSPS) is 10.2. The van der Waals surface area contributed by atoms with E-state index in [-0.39, 0.29) is 11.8 Å². The topological polar surface area (TPSA) is 49.4 Å². The van der Waals surface area contributed by atoms with Crippen molar-refractivity contribution >= 4 is 27.7 Å². The zero-order chi connectivity index (χ0) is 16.7. The molecule has 0 saturated heterocycles. The fourth-order valence-electron chi connectivity index (χ4n) is 2.05. The lowest BCUT2D eigenvalue weighted by Crippen LogP contribution is -2.46. The minimum atomic E-state index is -0.285. The van der Waals surface area contributed by atoms with Gasteiger partial charge in [-0.15, -0.1) is 0 Å². The number of hydrazine groups is 1. The van der Waals surface area contributed by atoms with Crippen LogP contribution in [0.15, 0.2) is 59.1 Å². The van der Waals surface area contributed by atoms with Crippen LogP contribution in [0.5, 0.6) is 0 Å². The summed E-state index contributed by atoms with van der Waals surface area (Å²) in [5.74, 6) is -0.498. The quantitative estimate of drug-likeness (QED) is 0.802.